The highest BCUT2D eigenvalue weighted by atomic mass is 32.1. The average Bonchev–Trinajstić information content (AvgIpc) is 2.74. The fraction of sp³-hybridized carbons (Fsp3) is 0.562. The molecule has 2 N–H and O–H groups in total. The summed E-state index contributed by atoms with van der Waals surface area (Å²) >= 11 is 1.34. The lowest BCUT2D eigenvalue weighted by Gasteiger charge is -2.32. The molecule has 0 saturated carbocycles. The van der Waals surface area contributed by atoms with Crippen LogP contribution >= 0.6 is 11.3 Å². The number of rotatable bonds is 4. The van der Waals surface area contributed by atoms with Crippen molar-refractivity contribution < 1.29 is 0 Å². The van der Waals surface area contributed by atoms with E-state index < -0.39 is 0 Å². The summed E-state index contributed by atoms with van der Waals surface area (Å²) in [5, 5.41) is 0. The molecule has 2 aromatic rings. The number of hydrogen-bond acceptors (Lipinski definition) is 4. The van der Waals surface area contributed by atoms with E-state index in [1.165, 1.54) is 36.3 Å². The molecule has 1 aliphatic heterocycles. The maximum atomic E-state index is 11.7. The second kappa shape index (κ2) is 6.30. The summed E-state index contributed by atoms with van der Waals surface area (Å²) in [6, 6.07) is 6.40. The Morgan fingerprint density at radius 3 is 3.10 bits per heavy atom. The van der Waals surface area contributed by atoms with Crippen LogP contribution in [-0.4, -0.2) is 29.1 Å². The molecule has 4 nitrogen and oxygen atoms in total. The van der Waals surface area contributed by atoms with Crippen molar-refractivity contribution in [3.8, 4) is 0 Å². The first-order valence-electron chi connectivity index (χ1n) is 7.68. The lowest BCUT2D eigenvalue weighted by Crippen LogP contribution is -2.35. The predicted molar refractivity (Wildman–Crippen MR) is 88.7 cm³/mol. The molecule has 1 aromatic carbocycles. The number of hydrogen-bond donors (Lipinski definition) is 1. The minimum Gasteiger partial charge on any atom is -0.330 e. The van der Waals surface area contributed by atoms with Crippen molar-refractivity contribution in [1.29, 1.82) is 0 Å². The van der Waals surface area contributed by atoms with Gasteiger partial charge in [-0.15, -0.1) is 0 Å². The van der Waals surface area contributed by atoms with Crippen molar-refractivity contribution in [3.63, 3.8) is 0 Å². The van der Waals surface area contributed by atoms with E-state index in [9.17, 15) is 4.79 Å². The number of nitrogens with two attached hydrogens (primary N) is 1. The zero-order valence-electron chi connectivity index (χ0n) is 12.5. The van der Waals surface area contributed by atoms with Crippen molar-refractivity contribution in [1.82, 2.24) is 9.47 Å². The largest absolute Gasteiger partial charge is 0.330 e. The first-order valence-corrected chi connectivity index (χ1v) is 8.50. The molecule has 0 aliphatic carbocycles. The van der Waals surface area contributed by atoms with Gasteiger partial charge in [-0.2, -0.15) is 0 Å². The third-order valence-corrected chi connectivity index (χ3v) is 5.44. The van der Waals surface area contributed by atoms with Gasteiger partial charge in [-0.25, -0.2) is 0 Å². The maximum absolute atomic E-state index is 11.7. The van der Waals surface area contributed by atoms with E-state index in [2.05, 4.69) is 23.1 Å². The van der Waals surface area contributed by atoms with Crippen LogP contribution in [0.1, 0.15) is 24.8 Å². The molecule has 114 valence electrons. The van der Waals surface area contributed by atoms with Crippen molar-refractivity contribution in [2.24, 2.45) is 18.7 Å². The highest BCUT2D eigenvalue weighted by Crippen LogP contribution is 2.23. The van der Waals surface area contributed by atoms with Gasteiger partial charge in [0.1, 0.15) is 0 Å². The number of nitrogens with zero attached hydrogens (tertiary/aromatic N) is 2. The molecule has 5 heteroatoms. The van der Waals surface area contributed by atoms with Gasteiger partial charge in [-0.3, -0.25) is 9.69 Å². The first kappa shape index (κ1) is 14.8. The Labute approximate surface area is 129 Å². The van der Waals surface area contributed by atoms with E-state index in [0.29, 0.717) is 0 Å². The number of thiazole rings is 1. The van der Waals surface area contributed by atoms with Crippen molar-refractivity contribution in [2.45, 2.75) is 25.8 Å². The van der Waals surface area contributed by atoms with E-state index in [-0.39, 0.29) is 4.87 Å². The van der Waals surface area contributed by atoms with Crippen LogP contribution in [0.3, 0.4) is 0 Å². The molecular weight excluding hydrogens is 282 g/mol. The highest BCUT2D eigenvalue weighted by Gasteiger charge is 2.19. The Morgan fingerprint density at radius 1 is 1.43 bits per heavy atom. The molecule has 1 atom stereocenters. The minimum absolute atomic E-state index is 0.114. The Kier molecular flexibility index (Phi) is 4.42. The van der Waals surface area contributed by atoms with E-state index in [4.69, 9.17) is 5.73 Å². The minimum atomic E-state index is 0.114. The smallest absolute Gasteiger partial charge is 0.307 e. The van der Waals surface area contributed by atoms with Gasteiger partial charge in [0.25, 0.3) is 0 Å². The number of piperidine rings is 1. The van der Waals surface area contributed by atoms with Gasteiger partial charge in [-0.05, 0) is 56.0 Å². The van der Waals surface area contributed by atoms with E-state index in [0.717, 1.165) is 42.2 Å². The Bertz CT molecular complexity index is 674. The lowest BCUT2D eigenvalue weighted by atomic mass is 9.94. The van der Waals surface area contributed by atoms with Gasteiger partial charge in [0.15, 0.2) is 0 Å². The zero-order chi connectivity index (χ0) is 14.8. The van der Waals surface area contributed by atoms with Crippen LogP contribution in [0, 0.1) is 5.92 Å². The average molecular weight is 305 g/mol. The van der Waals surface area contributed by atoms with E-state index >= 15 is 0 Å². The topological polar surface area (TPSA) is 51.3 Å². The molecule has 21 heavy (non-hydrogen) atoms. The number of fused-ring (bicyclic) bond motifs is 1. The zero-order valence-corrected chi connectivity index (χ0v) is 13.4. The molecule has 1 saturated heterocycles. The molecule has 0 bridgehead atoms. The third kappa shape index (κ3) is 3.20. The molecule has 3 rings (SSSR count). The van der Waals surface area contributed by atoms with Gasteiger partial charge in [0.2, 0.25) is 0 Å². The second-order valence-electron chi connectivity index (χ2n) is 6.05. The number of likely N-dealkylation sites (tertiary alicyclic amines) is 1. The number of aryl methyl sites for hydroxylation is 1. The van der Waals surface area contributed by atoms with Gasteiger partial charge in [-0.1, -0.05) is 17.4 Å². The molecule has 1 aliphatic rings. The SMILES string of the molecule is Cn1c(=O)sc2cc(CN3CCCC(CCN)C3)ccc21. The van der Waals surface area contributed by atoms with Gasteiger partial charge >= 0.3 is 4.87 Å². The summed E-state index contributed by atoms with van der Waals surface area (Å²) in [5.41, 5.74) is 8.03. The van der Waals surface area contributed by atoms with Crippen LogP contribution in [-0.2, 0) is 13.6 Å². The Hall–Kier alpha value is -1.17. The highest BCUT2D eigenvalue weighted by molar-refractivity contribution is 7.16. The molecule has 1 fully saturated rings. The molecular formula is C16H23N3OS. The molecule has 0 amide bonds. The van der Waals surface area contributed by atoms with Crippen LogP contribution in [0.25, 0.3) is 10.2 Å². The monoisotopic (exact) mass is 305 g/mol. The predicted octanol–water partition coefficient (Wildman–Crippen LogP) is 2.16. The van der Waals surface area contributed by atoms with Crippen molar-refractivity contribution in [2.75, 3.05) is 19.6 Å². The third-order valence-electron chi connectivity index (χ3n) is 4.44. The van der Waals surface area contributed by atoms with Gasteiger partial charge in [0, 0.05) is 20.1 Å². The Morgan fingerprint density at radius 2 is 2.29 bits per heavy atom. The first-order chi connectivity index (χ1) is 10.2. The summed E-state index contributed by atoms with van der Waals surface area (Å²) in [7, 11) is 1.84. The molecule has 1 unspecified atom stereocenters. The summed E-state index contributed by atoms with van der Waals surface area (Å²) in [6.45, 7) is 4.10. The maximum Gasteiger partial charge on any atom is 0.307 e. The molecule has 0 radical (unpaired) electrons. The normalized spacial score (nSPS) is 20.2. The standard InChI is InChI=1S/C16H23N3OS/c1-18-14-5-4-13(9-15(14)21-16(18)20)11-19-8-2-3-12(10-19)6-7-17/h4-5,9,12H,2-3,6-8,10-11,17H2,1H3. The Balaban J connectivity index is 1.74. The van der Waals surface area contributed by atoms with Gasteiger partial charge < -0.3 is 10.3 Å². The van der Waals surface area contributed by atoms with Gasteiger partial charge in [0.05, 0.1) is 10.2 Å². The van der Waals surface area contributed by atoms with E-state index in [1.54, 1.807) is 4.57 Å². The van der Waals surface area contributed by atoms with Crippen LogP contribution in [0.2, 0.25) is 0 Å². The number of benzene rings is 1. The fourth-order valence-corrected chi connectivity index (χ4v) is 4.24. The van der Waals surface area contributed by atoms with Crippen molar-refractivity contribution in [3.05, 3.63) is 33.4 Å². The molecule has 2 heterocycles. The number of aromatic nitrogens is 1. The fourth-order valence-electron chi connectivity index (χ4n) is 3.30. The quantitative estimate of drug-likeness (QED) is 0.942. The van der Waals surface area contributed by atoms with Crippen LogP contribution in [0.4, 0.5) is 0 Å². The summed E-state index contributed by atoms with van der Waals surface area (Å²) in [6.07, 6.45) is 3.72. The lowest BCUT2D eigenvalue weighted by molar-refractivity contribution is 0.163. The van der Waals surface area contributed by atoms with Crippen LogP contribution < -0.4 is 10.6 Å². The summed E-state index contributed by atoms with van der Waals surface area (Å²) in [4.78, 5) is 14.4. The van der Waals surface area contributed by atoms with Crippen LogP contribution in [0.5, 0.6) is 0 Å². The molecule has 0 spiro atoms. The second-order valence-corrected chi connectivity index (χ2v) is 7.04. The van der Waals surface area contributed by atoms with Crippen LogP contribution in [0.15, 0.2) is 23.0 Å². The summed E-state index contributed by atoms with van der Waals surface area (Å²) < 4.78 is 2.82. The van der Waals surface area contributed by atoms with E-state index in [1.807, 2.05) is 7.05 Å². The summed E-state index contributed by atoms with van der Waals surface area (Å²) in [5.74, 6) is 0.750. The van der Waals surface area contributed by atoms with Crippen molar-refractivity contribution >= 4 is 21.6 Å². The molecule has 1 aromatic heterocycles.